The Morgan fingerprint density at radius 1 is 1.53 bits per heavy atom. The van der Waals surface area contributed by atoms with Gasteiger partial charge in [-0.25, -0.2) is 0 Å². The van der Waals surface area contributed by atoms with Gasteiger partial charge in [-0.2, -0.15) is 0 Å². The van der Waals surface area contributed by atoms with E-state index >= 15 is 0 Å². The fraction of sp³-hybridized carbons (Fsp3) is 0.800. The van der Waals surface area contributed by atoms with Crippen LogP contribution in [0.4, 0.5) is 0 Å². The lowest BCUT2D eigenvalue weighted by atomic mass is 10.1. The van der Waals surface area contributed by atoms with Crippen molar-refractivity contribution in [3.8, 4) is 0 Å². The Bertz CT molecular complexity index is 253. The van der Waals surface area contributed by atoms with Crippen LogP contribution >= 0.6 is 0 Å². The van der Waals surface area contributed by atoms with Crippen LogP contribution in [-0.4, -0.2) is 29.1 Å². The summed E-state index contributed by atoms with van der Waals surface area (Å²) in [6.07, 6.45) is 2.24. The lowest BCUT2D eigenvalue weighted by Gasteiger charge is -2.13. The SMILES string of the molecule is CC(N)CC(=O)NC1CCC(C(=O)O)C1. The molecule has 1 amide bonds. The minimum absolute atomic E-state index is 0.0114. The second-order valence-electron chi connectivity index (χ2n) is 4.29. The van der Waals surface area contributed by atoms with Crippen molar-refractivity contribution in [1.29, 1.82) is 0 Å². The third kappa shape index (κ3) is 3.87. The van der Waals surface area contributed by atoms with Gasteiger partial charge in [0.1, 0.15) is 0 Å². The van der Waals surface area contributed by atoms with Crippen LogP contribution in [0.5, 0.6) is 0 Å². The van der Waals surface area contributed by atoms with Crippen molar-refractivity contribution in [3.05, 3.63) is 0 Å². The summed E-state index contributed by atoms with van der Waals surface area (Å²) in [5.41, 5.74) is 5.49. The molecule has 15 heavy (non-hydrogen) atoms. The van der Waals surface area contributed by atoms with Crippen molar-refractivity contribution < 1.29 is 14.7 Å². The molecule has 3 atom stereocenters. The Balaban J connectivity index is 2.30. The minimum atomic E-state index is -0.765. The minimum Gasteiger partial charge on any atom is -0.481 e. The monoisotopic (exact) mass is 214 g/mol. The van der Waals surface area contributed by atoms with Crippen molar-refractivity contribution in [1.82, 2.24) is 5.32 Å². The molecule has 1 aliphatic rings. The second-order valence-corrected chi connectivity index (χ2v) is 4.29. The van der Waals surface area contributed by atoms with Crippen molar-refractivity contribution >= 4 is 11.9 Å². The molecular weight excluding hydrogens is 196 g/mol. The maximum atomic E-state index is 11.3. The van der Waals surface area contributed by atoms with Gasteiger partial charge < -0.3 is 16.2 Å². The van der Waals surface area contributed by atoms with Crippen molar-refractivity contribution in [2.24, 2.45) is 11.7 Å². The Morgan fingerprint density at radius 3 is 2.67 bits per heavy atom. The van der Waals surface area contributed by atoms with Crippen LogP contribution in [0.3, 0.4) is 0 Å². The van der Waals surface area contributed by atoms with Gasteiger partial charge in [0, 0.05) is 18.5 Å². The second kappa shape index (κ2) is 5.11. The summed E-state index contributed by atoms with van der Waals surface area (Å²) in [6.45, 7) is 1.77. The zero-order valence-corrected chi connectivity index (χ0v) is 8.90. The molecule has 0 spiro atoms. The quantitative estimate of drug-likeness (QED) is 0.618. The van der Waals surface area contributed by atoms with Crippen molar-refractivity contribution in [3.63, 3.8) is 0 Å². The molecule has 0 aliphatic heterocycles. The number of hydrogen-bond donors (Lipinski definition) is 3. The van der Waals surface area contributed by atoms with Gasteiger partial charge in [-0.05, 0) is 26.2 Å². The molecule has 1 rings (SSSR count). The van der Waals surface area contributed by atoms with E-state index in [1.807, 2.05) is 0 Å². The molecule has 0 heterocycles. The van der Waals surface area contributed by atoms with Gasteiger partial charge in [-0.3, -0.25) is 9.59 Å². The lowest BCUT2D eigenvalue weighted by molar-refractivity contribution is -0.141. The van der Waals surface area contributed by atoms with Gasteiger partial charge in [0.2, 0.25) is 5.91 Å². The van der Waals surface area contributed by atoms with Crippen molar-refractivity contribution in [2.45, 2.75) is 44.7 Å². The molecule has 3 unspecified atom stereocenters. The molecular formula is C10H18N2O3. The number of hydrogen-bond acceptors (Lipinski definition) is 3. The standard InChI is InChI=1S/C10H18N2O3/c1-6(11)4-9(13)12-8-3-2-7(5-8)10(14)15/h6-8H,2-5,11H2,1H3,(H,12,13)(H,14,15). The molecule has 5 heteroatoms. The molecule has 0 saturated heterocycles. The maximum Gasteiger partial charge on any atom is 0.306 e. The molecule has 1 fully saturated rings. The number of nitrogens with one attached hydrogen (secondary N) is 1. The molecule has 1 aliphatic carbocycles. The first-order valence-corrected chi connectivity index (χ1v) is 5.26. The van der Waals surface area contributed by atoms with Crippen LogP contribution in [0.25, 0.3) is 0 Å². The van der Waals surface area contributed by atoms with Gasteiger partial charge in [0.15, 0.2) is 0 Å². The van der Waals surface area contributed by atoms with E-state index in [0.29, 0.717) is 19.3 Å². The van der Waals surface area contributed by atoms with E-state index in [9.17, 15) is 9.59 Å². The average Bonchev–Trinajstić information content (AvgIpc) is 2.50. The largest absolute Gasteiger partial charge is 0.481 e. The predicted molar refractivity (Wildman–Crippen MR) is 55.2 cm³/mol. The number of carboxylic acid groups (broad SMARTS) is 1. The molecule has 0 aromatic heterocycles. The fourth-order valence-corrected chi connectivity index (χ4v) is 1.92. The summed E-state index contributed by atoms with van der Waals surface area (Å²) < 4.78 is 0. The normalized spacial score (nSPS) is 27.3. The molecule has 5 nitrogen and oxygen atoms in total. The van der Waals surface area contributed by atoms with E-state index in [0.717, 1.165) is 6.42 Å². The Morgan fingerprint density at radius 2 is 2.20 bits per heavy atom. The van der Waals surface area contributed by atoms with Crippen LogP contribution in [0.15, 0.2) is 0 Å². The summed E-state index contributed by atoms with van der Waals surface area (Å²) in [7, 11) is 0. The van der Waals surface area contributed by atoms with Gasteiger partial charge in [-0.15, -0.1) is 0 Å². The van der Waals surface area contributed by atoms with E-state index in [1.165, 1.54) is 0 Å². The van der Waals surface area contributed by atoms with E-state index in [4.69, 9.17) is 10.8 Å². The maximum absolute atomic E-state index is 11.3. The highest BCUT2D eigenvalue weighted by Crippen LogP contribution is 2.25. The van der Waals surface area contributed by atoms with Gasteiger partial charge >= 0.3 is 5.97 Å². The first-order valence-electron chi connectivity index (χ1n) is 5.26. The summed E-state index contributed by atoms with van der Waals surface area (Å²) in [5.74, 6) is -1.15. The Hall–Kier alpha value is -1.10. The molecule has 0 aromatic rings. The lowest BCUT2D eigenvalue weighted by Crippen LogP contribution is -2.36. The van der Waals surface area contributed by atoms with Crippen LogP contribution in [0, 0.1) is 5.92 Å². The third-order valence-corrected chi connectivity index (χ3v) is 2.65. The van der Waals surface area contributed by atoms with Crippen molar-refractivity contribution in [2.75, 3.05) is 0 Å². The summed E-state index contributed by atoms with van der Waals surface area (Å²) in [6, 6.07) is -0.140. The number of carbonyl (C=O) groups is 2. The zero-order valence-electron chi connectivity index (χ0n) is 8.90. The number of aliphatic carboxylic acids is 1. The fourth-order valence-electron chi connectivity index (χ4n) is 1.92. The van der Waals surface area contributed by atoms with Crippen LogP contribution in [0.2, 0.25) is 0 Å². The van der Waals surface area contributed by atoms with Crippen LogP contribution in [0.1, 0.15) is 32.6 Å². The van der Waals surface area contributed by atoms with Crippen LogP contribution in [-0.2, 0) is 9.59 Å². The number of carbonyl (C=O) groups excluding carboxylic acids is 1. The van der Waals surface area contributed by atoms with E-state index in [1.54, 1.807) is 6.92 Å². The first-order chi connectivity index (χ1) is 6.99. The topological polar surface area (TPSA) is 92.4 Å². The number of nitrogens with two attached hydrogens (primary N) is 1. The number of amides is 1. The summed E-state index contributed by atoms with van der Waals surface area (Å²) >= 11 is 0. The predicted octanol–water partition coefficient (Wildman–Crippen LogP) is 0.0932. The average molecular weight is 214 g/mol. The zero-order chi connectivity index (χ0) is 11.4. The van der Waals surface area contributed by atoms with Gasteiger partial charge in [0.25, 0.3) is 0 Å². The van der Waals surface area contributed by atoms with Crippen LogP contribution < -0.4 is 11.1 Å². The smallest absolute Gasteiger partial charge is 0.306 e. The number of rotatable bonds is 4. The molecule has 4 N–H and O–H groups in total. The molecule has 0 aromatic carbocycles. The van der Waals surface area contributed by atoms with Gasteiger partial charge in [-0.1, -0.05) is 0 Å². The molecule has 0 bridgehead atoms. The highest BCUT2D eigenvalue weighted by atomic mass is 16.4. The number of carboxylic acids is 1. The molecule has 0 radical (unpaired) electrons. The highest BCUT2D eigenvalue weighted by molar-refractivity contribution is 5.77. The van der Waals surface area contributed by atoms with Gasteiger partial charge in [0.05, 0.1) is 5.92 Å². The Kier molecular flexibility index (Phi) is 4.08. The van der Waals surface area contributed by atoms with E-state index in [2.05, 4.69) is 5.32 Å². The van der Waals surface area contributed by atoms with E-state index in [-0.39, 0.29) is 23.9 Å². The van der Waals surface area contributed by atoms with E-state index < -0.39 is 5.97 Å². The molecule has 86 valence electrons. The third-order valence-electron chi connectivity index (χ3n) is 2.65. The Labute approximate surface area is 89.0 Å². The first kappa shape index (κ1) is 12.0. The molecule has 1 saturated carbocycles. The highest BCUT2D eigenvalue weighted by Gasteiger charge is 2.30. The summed E-state index contributed by atoms with van der Waals surface area (Å²) in [4.78, 5) is 22.0. The summed E-state index contributed by atoms with van der Waals surface area (Å²) in [5, 5.41) is 11.6.